The van der Waals surface area contributed by atoms with Crippen LogP contribution in [-0.4, -0.2) is 28.4 Å². The number of hydrogen-bond acceptors (Lipinski definition) is 3. The molecule has 27 heavy (non-hydrogen) atoms. The van der Waals surface area contributed by atoms with Crippen molar-refractivity contribution in [2.24, 2.45) is 0 Å². The number of likely N-dealkylation sites (tertiary alicyclic amines) is 1. The van der Waals surface area contributed by atoms with Crippen molar-refractivity contribution in [2.45, 2.75) is 44.8 Å². The second-order valence-electron chi connectivity index (χ2n) is 6.65. The van der Waals surface area contributed by atoms with Gasteiger partial charge in [0, 0.05) is 24.3 Å². The summed E-state index contributed by atoms with van der Waals surface area (Å²) in [6, 6.07) is 8.53. The van der Waals surface area contributed by atoms with Gasteiger partial charge in [-0.1, -0.05) is 19.1 Å². The van der Waals surface area contributed by atoms with Gasteiger partial charge in [-0.25, -0.2) is 4.98 Å². The molecule has 1 aromatic carbocycles. The summed E-state index contributed by atoms with van der Waals surface area (Å²) in [5, 5.41) is 2.70. The number of anilines is 2. The van der Waals surface area contributed by atoms with Gasteiger partial charge in [0.25, 0.3) is 5.91 Å². The van der Waals surface area contributed by atoms with E-state index in [2.05, 4.69) is 17.2 Å². The number of nitrogens with zero attached hydrogens (tertiary/aromatic N) is 2. The first kappa shape index (κ1) is 19.2. The van der Waals surface area contributed by atoms with E-state index in [9.17, 15) is 18.0 Å². The number of para-hydroxylation sites is 1. The number of aromatic nitrogens is 1. The number of carbonyl (C=O) groups excluding carboxylic acids is 1. The molecular formula is C20H22F3N3O. The Morgan fingerprint density at radius 3 is 2.78 bits per heavy atom. The van der Waals surface area contributed by atoms with Crippen LogP contribution in [0.2, 0.25) is 0 Å². The largest absolute Gasteiger partial charge is 0.418 e. The van der Waals surface area contributed by atoms with Gasteiger partial charge in [-0.05, 0) is 49.9 Å². The van der Waals surface area contributed by atoms with E-state index in [0.29, 0.717) is 12.1 Å². The van der Waals surface area contributed by atoms with E-state index in [0.717, 1.165) is 31.7 Å². The summed E-state index contributed by atoms with van der Waals surface area (Å²) in [5.74, 6) is 0.110. The predicted octanol–water partition coefficient (Wildman–Crippen LogP) is 5.25. The molecule has 0 bridgehead atoms. The summed E-state index contributed by atoms with van der Waals surface area (Å²) in [4.78, 5) is 18.8. The molecule has 2 heterocycles. The van der Waals surface area contributed by atoms with E-state index in [1.54, 1.807) is 6.07 Å². The van der Waals surface area contributed by atoms with E-state index in [1.807, 2.05) is 4.90 Å². The SMILES string of the molecule is CCC1CCCCN1C(=O)c1ccnc(Nc2ccccc2C(F)(F)F)c1. The molecule has 4 nitrogen and oxygen atoms in total. The highest BCUT2D eigenvalue weighted by Gasteiger charge is 2.33. The van der Waals surface area contributed by atoms with Crippen LogP contribution in [-0.2, 0) is 6.18 Å². The summed E-state index contributed by atoms with van der Waals surface area (Å²) in [6.07, 6.45) is 0.922. The molecule has 1 aliphatic heterocycles. The standard InChI is InChI=1S/C20H22F3N3O/c1-2-15-7-5-6-12-26(15)19(27)14-10-11-24-18(13-14)25-17-9-4-3-8-16(17)20(21,22)23/h3-4,8-11,13,15H,2,5-7,12H2,1H3,(H,24,25). The van der Waals surface area contributed by atoms with Crippen molar-refractivity contribution in [1.29, 1.82) is 0 Å². The maximum absolute atomic E-state index is 13.2. The summed E-state index contributed by atoms with van der Waals surface area (Å²) >= 11 is 0. The zero-order chi connectivity index (χ0) is 19.4. The molecule has 7 heteroatoms. The minimum Gasteiger partial charge on any atom is -0.340 e. The Morgan fingerprint density at radius 2 is 2.04 bits per heavy atom. The van der Waals surface area contributed by atoms with Crippen molar-refractivity contribution < 1.29 is 18.0 Å². The highest BCUT2D eigenvalue weighted by atomic mass is 19.4. The average Bonchev–Trinajstić information content (AvgIpc) is 2.67. The van der Waals surface area contributed by atoms with Gasteiger partial charge >= 0.3 is 6.18 Å². The molecule has 144 valence electrons. The zero-order valence-electron chi connectivity index (χ0n) is 15.1. The second-order valence-corrected chi connectivity index (χ2v) is 6.65. The third kappa shape index (κ3) is 4.40. The summed E-state index contributed by atoms with van der Waals surface area (Å²) in [6.45, 7) is 2.77. The number of rotatable bonds is 4. The third-order valence-electron chi connectivity index (χ3n) is 4.86. The van der Waals surface area contributed by atoms with Crippen LogP contribution in [0.3, 0.4) is 0 Å². The number of halogens is 3. The van der Waals surface area contributed by atoms with Crippen LogP contribution in [0, 0.1) is 0 Å². The van der Waals surface area contributed by atoms with Crippen LogP contribution in [0.5, 0.6) is 0 Å². The Balaban J connectivity index is 1.83. The van der Waals surface area contributed by atoms with Crippen LogP contribution in [0.15, 0.2) is 42.6 Å². The molecule has 0 spiro atoms. The van der Waals surface area contributed by atoms with Gasteiger partial charge in [0.2, 0.25) is 0 Å². The fourth-order valence-corrected chi connectivity index (χ4v) is 3.47. The molecule has 1 unspecified atom stereocenters. The normalized spacial score (nSPS) is 17.6. The summed E-state index contributed by atoms with van der Waals surface area (Å²) < 4.78 is 39.5. The lowest BCUT2D eigenvalue weighted by Crippen LogP contribution is -2.43. The number of amides is 1. The lowest BCUT2D eigenvalue weighted by atomic mass is 9.99. The number of hydrogen-bond donors (Lipinski definition) is 1. The Bertz CT molecular complexity index is 807. The van der Waals surface area contributed by atoms with Crippen LogP contribution in [0.1, 0.15) is 48.5 Å². The maximum atomic E-state index is 13.2. The smallest absolute Gasteiger partial charge is 0.340 e. The van der Waals surface area contributed by atoms with E-state index in [4.69, 9.17) is 0 Å². The number of benzene rings is 1. The molecule has 1 amide bonds. The van der Waals surface area contributed by atoms with Crippen LogP contribution in [0.4, 0.5) is 24.7 Å². The highest BCUT2D eigenvalue weighted by molar-refractivity contribution is 5.95. The molecule has 1 N–H and O–H groups in total. The third-order valence-corrected chi connectivity index (χ3v) is 4.86. The summed E-state index contributed by atoms with van der Waals surface area (Å²) in [5.41, 5.74) is -0.436. The van der Waals surface area contributed by atoms with Gasteiger partial charge < -0.3 is 10.2 Å². The molecule has 1 aromatic heterocycles. The van der Waals surface area contributed by atoms with Crippen molar-refractivity contribution in [2.75, 3.05) is 11.9 Å². The lowest BCUT2D eigenvalue weighted by Gasteiger charge is -2.35. The molecule has 3 rings (SSSR count). The van der Waals surface area contributed by atoms with Crippen LogP contribution >= 0.6 is 0 Å². The molecular weight excluding hydrogens is 355 g/mol. The number of pyridine rings is 1. The van der Waals surface area contributed by atoms with Crippen molar-refractivity contribution in [1.82, 2.24) is 9.88 Å². The van der Waals surface area contributed by atoms with Gasteiger partial charge in [0.15, 0.2) is 0 Å². The topological polar surface area (TPSA) is 45.2 Å². The van der Waals surface area contributed by atoms with Crippen molar-refractivity contribution in [3.63, 3.8) is 0 Å². The van der Waals surface area contributed by atoms with Gasteiger partial charge in [0.1, 0.15) is 5.82 Å². The Kier molecular flexibility index (Phi) is 5.68. The highest BCUT2D eigenvalue weighted by Crippen LogP contribution is 2.35. The van der Waals surface area contributed by atoms with E-state index in [-0.39, 0.29) is 23.5 Å². The van der Waals surface area contributed by atoms with Crippen molar-refractivity contribution >= 4 is 17.4 Å². The van der Waals surface area contributed by atoms with E-state index < -0.39 is 11.7 Å². The number of carbonyl (C=O) groups is 1. The van der Waals surface area contributed by atoms with E-state index >= 15 is 0 Å². The first-order valence-corrected chi connectivity index (χ1v) is 9.10. The molecule has 1 atom stereocenters. The monoisotopic (exact) mass is 377 g/mol. The van der Waals surface area contributed by atoms with Gasteiger partial charge in [0.05, 0.1) is 11.3 Å². The molecule has 1 aliphatic rings. The number of nitrogens with one attached hydrogen (secondary N) is 1. The second kappa shape index (κ2) is 7.98. The minimum absolute atomic E-state index is 0.0912. The Morgan fingerprint density at radius 1 is 1.26 bits per heavy atom. The van der Waals surface area contributed by atoms with Gasteiger partial charge in [-0.3, -0.25) is 4.79 Å². The quantitative estimate of drug-likeness (QED) is 0.792. The van der Waals surface area contributed by atoms with Crippen molar-refractivity contribution in [3.8, 4) is 0 Å². The maximum Gasteiger partial charge on any atom is 0.418 e. The number of piperidine rings is 1. The molecule has 1 saturated heterocycles. The Labute approximate surface area is 156 Å². The fourth-order valence-electron chi connectivity index (χ4n) is 3.47. The molecule has 2 aromatic rings. The van der Waals surface area contributed by atoms with Gasteiger partial charge in [-0.2, -0.15) is 13.2 Å². The molecule has 0 radical (unpaired) electrons. The molecule has 0 aliphatic carbocycles. The first-order valence-electron chi connectivity index (χ1n) is 9.10. The van der Waals surface area contributed by atoms with Gasteiger partial charge in [-0.15, -0.1) is 0 Å². The number of alkyl halides is 3. The first-order chi connectivity index (χ1) is 12.9. The van der Waals surface area contributed by atoms with E-state index in [1.165, 1.54) is 30.5 Å². The zero-order valence-corrected chi connectivity index (χ0v) is 15.1. The molecule has 0 saturated carbocycles. The van der Waals surface area contributed by atoms with Crippen LogP contribution < -0.4 is 5.32 Å². The van der Waals surface area contributed by atoms with Crippen LogP contribution in [0.25, 0.3) is 0 Å². The van der Waals surface area contributed by atoms with Crippen molar-refractivity contribution in [3.05, 3.63) is 53.7 Å². The fraction of sp³-hybridized carbons (Fsp3) is 0.400. The summed E-state index contributed by atoms with van der Waals surface area (Å²) in [7, 11) is 0. The Hall–Kier alpha value is -2.57. The minimum atomic E-state index is -4.47. The molecule has 1 fully saturated rings. The lowest BCUT2D eigenvalue weighted by molar-refractivity contribution is -0.136. The average molecular weight is 377 g/mol. The predicted molar refractivity (Wildman–Crippen MR) is 97.9 cm³/mol.